The predicted molar refractivity (Wildman–Crippen MR) is 92.5 cm³/mol. The highest BCUT2D eigenvalue weighted by Crippen LogP contribution is 2.28. The van der Waals surface area contributed by atoms with E-state index in [-0.39, 0.29) is 11.6 Å². The zero-order chi connectivity index (χ0) is 15.4. The summed E-state index contributed by atoms with van der Waals surface area (Å²) in [6.45, 7) is 2.66. The second-order valence-corrected chi connectivity index (χ2v) is 6.46. The molecule has 2 rings (SSSR count). The molecular formula is C16H13BrFIO2. The molecule has 0 aromatic heterocycles. The number of carbonyl (C=O) groups excluding carboxylic acids is 1. The summed E-state index contributed by atoms with van der Waals surface area (Å²) in [5.41, 5.74) is 1.03. The van der Waals surface area contributed by atoms with E-state index in [0.717, 1.165) is 10.9 Å². The molecule has 0 atom stereocenters. The van der Waals surface area contributed by atoms with Crippen LogP contribution in [0.15, 0.2) is 40.9 Å². The molecule has 0 unspecified atom stereocenters. The molecule has 0 radical (unpaired) electrons. The Kier molecular flexibility index (Phi) is 5.75. The van der Waals surface area contributed by atoms with Gasteiger partial charge in [-0.1, -0.05) is 6.92 Å². The van der Waals surface area contributed by atoms with Gasteiger partial charge >= 0.3 is 0 Å². The topological polar surface area (TPSA) is 26.3 Å². The molecule has 0 bridgehead atoms. The van der Waals surface area contributed by atoms with Crippen molar-refractivity contribution in [2.24, 2.45) is 0 Å². The third kappa shape index (κ3) is 4.03. The summed E-state index contributed by atoms with van der Waals surface area (Å²) in [6.07, 6.45) is 0.918. The molecule has 2 aromatic rings. The van der Waals surface area contributed by atoms with Crippen molar-refractivity contribution in [3.63, 3.8) is 0 Å². The average molecular weight is 463 g/mol. The normalized spacial score (nSPS) is 10.5. The van der Waals surface area contributed by atoms with Crippen LogP contribution in [0.25, 0.3) is 0 Å². The predicted octanol–water partition coefficient (Wildman–Crippen LogP) is 5.21. The zero-order valence-electron chi connectivity index (χ0n) is 11.3. The number of benzene rings is 2. The van der Waals surface area contributed by atoms with Gasteiger partial charge in [0.1, 0.15) is 11.6 Å². The first-order valence-corrected chi connectivity index (χ1v) is 8.32. The van der Waals surface area contributed by atoms with Crippen LogP contribution in [0.2, 0.25) is 0 Å². The van der Waals surface area contributed by atoms with E-state index in [1.54, 1.807) is 18.2 Å². The molecular weight excluding hydrogens is 450 g/mol. The summed E-state index contributed by atoms with van der Waals surface area (Å²) < 4.78 is 20.0. The van der Waals surface area contributed by atoms with E-state index in [1.807, 2.05) is 29.5 Å². The van der Waals surface area contributed by atoms with Gasteiger partial charge in [0, 0.05) is 14.7 Å². The van der Waals surface area contributed by atoms with E-state index in [0.29, 0.717) is 27.1 Å². The summed E-state index contributed by atoms with van der Waals surface area (Å²) in [7, 11) is 0. The minimum Gasteiger partial charge on any atom is -0.492 e. The Balaban J connectivity index is 2.29. The number of ketones is 1. The van der Waals surface area contributed by atoms with Crippen molar-refractivity contribution in [3.8, 4) is 5.75 Å². The molecule has 0 spiro atoms. The molecule has 0 saturated carbocycles. The number of halogens is 3. The SMILES string of the molecule is CCCOc1ccc(C(=O)c2ccc(F)cc2I)cc1Br. The lowest BCUT2D eigenvalue weighted by Gasteiger charge is -2.09. The number of carbonyl (C=O) groups is 1. The third-order valence-electron chi connectivity index (χ3n) is 2.83. The molecule has 0 amide bonds. The molecule has 5 heteroatoms. The highest BCUT2D eigenvalue weighted by atomic mass is 127. The Labute approximate surface area is 145 Å². The molecule has 2 aromatic carbocycles. The Hall–Kier alpha value is -0.950. The highest BCUT2D eigenvalue weighted by molar-refractivity contribution is 14.1. The van der Waals surface area contributed by atoms with Gasteiger partial charge in [-0.25, -0.2) is 4.39 Å². The van der Waals surface area contributed by atoms with Crippen LogP contribution in [0, 0.1) is 9.39 Å². The minimum absolute atomic E-state index is 0.137. The van der Waals surface area contributed by atoms with Gasteiger partial charge in [0.2, 0.25) is 0 Å². The zero-order valence-corrected chi connectivity index (χ0v) is 15.1. The largest absolute Gasteiger partial charge is 0.492 e. The quantitative estimate of drug-likeness (QED) is 0.450. The van der Waals surface area contributed by atoms with Crippen LogP contribution in [0.1, 0.15) is 29.3 Å². The van der Waals surface area contributed by atoms with Crippen LogP contribution in [0.3, 0.4) is 0 Å². The Morgan fingerprint density at radius 2 is 2.05 bits per heavy atom. The van der Waals surface area contributed by atoms with E-state index < -0.39 is 0 Å². The molecule has 0 saturated heterocycles. The summed E-state index contributed by atoms with van der Waals surface area (Å²) in [5, 5.41) is 0. The maximum absolute atomic E-state index is 13.1. The van der Waals surface area contributed by atoms with E-state index in [2.05, 4.69) is 15.9 Å². The number of hydrogen-bond acceptors (Lipinski definition) is 2. The van der Waals surface area contributed by atoms with Crippen LogP contribution >= 0.6 is 38.5 Å². The maximum Gasteiger partial charge on any atom is 0.194 e. The second kappa shape index (κ2) is 7.35. The molecule has 0 N–H and O–H groups in total. The van der Waals surface area contributed by atoms with E-state index in [9.17, 15) is 9.18 Å². The van der Waals surface area contributed by atoms with E-state index >= 15 is 0 Å². The smallest absolute Gasteiger partial charge is 0.194 e. The van der Waals surface area contributed by atoms with Gasteiger partial charge in [-0.2, -0.15) is 0 Å². The fourth-order valence-corrected chi connectivity index (χ4v) is 3.02. The van der Waals surface area contributed by atoms with Gasteiger partial charge in [0.05, 0.1) is 11.1 Å². The van der Waals surface area contributed by atoms with Crippen LogP contribution in [-0.2, 0) is 0 Å². The molecule has 0 aliphatic heterocycles. The molecule has 0 heterocycles. The summed E-state index contributed by atoms with van der Waals surface area (Å²) in [5.74, 6) is 0.227. The van der Waals surface area contributed by atoms with Gasteiger partial charge in [-0.15, -0.1) is 0 Å². The van der Waals surface area contributed by atoms with Gasteiger partial charge in [0.15, 0.2) is 5.78 Å². The number of hydrogen-bond donors (Lipinski definition) is 0. The van der Waals surface area contributed by atoms with Crippen molar-refractivity contribution in [1.82, 2.24) is 0 Å². The van der Waals surface area contributed by atoms with Crippen molar-refractivity contribution in [2.75, 3.05) is 6.61 Å². The van der Waals surface area contributed by atoms with Gasteiger partial charge in [0.25, 0.3) is 0 Å². The summed E-state index contributed by atoms with van der Waals surface area (Å²) in [6, 6.07) is 9.37. The molecule has 0 aliphatic rings. The van der Waals surface area contributed by atoms with Crippen molar-refractivity contribution in [2.45, 2.75) is 13.3 Å². The van der Waals surface area contributed by atoms with Gasteiger partial charge in [-0.3, -0.25) is 4.79 Å². The van der Waals surface area contributed by atoms with Gasteiger partial charge < -0.3 is 4.74 Å². The Morgan fingerprint density at radius 1 is 1.29 bits per heavy atom. The lowest BCUT2D eigenvalue weighted by molar-refractivity contribution is 0.103. The van der Waals surface area contributed by atoms with Gasteiger partial charge in [-0.05, 0) is 81.3 Å². The molecule has 0 fully saturated rings. The maximum atomic E-state index is 13.1. The van der Waals surface area contributed by atoms with Crippen LogP contribution < -0.4 is 4.74 Å². The van der Waals surface area contributed by atoms with Crippen LogP contribution in [0.5, 0.6) is 5.75 Å². The van der Waals surface area contributed by atoms with E-state index in [1.165, 1.54) is 18.2 Å². The van der Waals surface area contributed by atoms with Crippen LogP contribution in [-0.4, -0.2) is 12.4 Å². The third-order valence-corrected chi connectivity index (χ3v) is 4.34. The van der Waals surface area contributed by atoms with E-state index in [4.69, 9.17) is 4.74 Å². The fourth-order valence-electron chi connectivity index (χ4n) is 1.80. The molecule has 2 nitrogen and oxygen atoms in total. The standard InChI is InChI=1S/C16H13BrFIO2/c1-2-7-21-15-6-3-10(8-13(15)17)16(20)12-5-4-11(18)9-14(12)19/h3-6,8-9H,2,7H2,1H3. The van der Waals surface area contributed by atoms with Crippen molar-refractivity contribution in [1.29, 1.82) is 0 Å². The van der Waals surface area contributed by atoms with Crippen molar-refractivity contribution < 1.29 is 13.9 Å². The summed E-state index contributed by atoms with van der Waals surface area (Å²) >= 11 is 5.37. The number of rotatable bonds is 5. The Morgan fingerprint density at radius 3 is 2.67 bits per heavy atom. The lowest BCUT2D eigenvalue weighted by Crippen LogP contribution is -2.05. The molecule has 110 valence electrons. The number of ether oxygens (including phenoxy) is 1. The Bertz CT molecular complexity index is 673. The molecule has 21 heavy (non-hydrogen) atoms. The molecule has 0 aliphatic carbocycles. The average Bonchev–Trinajstić information content (AvgIpc) is 2.45. The van der Waals surface area contributed by atoms with Crippen LogP contribution in [0.4, 0.5) is 4.39 Å². The minimum atomic E-state index is -0.347. The van der Waals surface area contributed by atoms with Crippen molar-refractivity contribution >= 4 is 44.3 Å². The second-order valence-electron chi connectivity index (χ2n) is 4.45. The lowest BCUT2D eigenvalue weighted by atomic mass is 10.0. The highest BCUT2D eigenvalue weighted by Gasteiger charge is 2.14. The van der Waals surface area contributed by atoms with Crippen molar-refractivity contribution in [3.05, 3.63) is 61.4 Å². The first-order valence-electron chi connectivity index (χ1n) is 6.45. The summed E-state index contributed by atoms with van der Waals surface area (Å²) in [4.78, 5) is 12.5. The first kappa shape index (κ1) is 16.4. The fraction of sp³-hybridized carbons (Fsp3) is 0.188. The monoisotopic (exact) mass is 462 g/mol. The first-order chi connectivity index (χ1) is 10.0.